The first-order valence-electron chi connectivity index (χ1n) is 7.28. The maximum atomic E-state index is 10.7. The third-order valence-corrected chi connectivity index (χ3v) is 4.70. The highest BCUT2D eigenvalue weighted by Gasteiger charge is 2.27. The number of benzene rings is 1. The van der Waals surface area contributed by atoms with Crippen molar-refractivity contribution in [1.29, 1.82) is 0 Å². The number of rotatable bonds is 5. The fraction of sp³-hybridized carbons (Fsp3) is 0.625. The van der Waals surface area contributed by atoms with Crippen molar-refractivity contribution in [2.24, 2.45) is 0 Å². The Balaban J connectivity index is 2.02. The second-order valence-electron chi connectivity index (χ2n) is 5.98. The van der Waals surface area contributed by atoms with Crippen LogP contribution in [0.2, 0.25) is 0 Å². The van der Waals surface area contributed by atoms with Gasteiger partial charge in [0.25, 0.3) is 0 Å². The molecule has 20 heavy (non-hydrogen) atoms. The molecule has 1 aliphatic rings. The van der Waals surface area contributed by atoms with Gasteiger partial charge >= 0.3 is 0 Å². The minimum atomic E-state index is -0.704. The molecule has 0 radical (unpaired) electrons. The van der Waals surface area contributed by atoms with Crippen LogP contribution in [0, 0.1) is 0 Å². The van der Waals surface area contributed by atoms with Crippen LogP contribution in [0.1, 0.15) is 38.2 Å². The molecule has 0 spiro atoms. The molecule has 1 aromatic carbocycles. The zero-order valence-corrected chi connectivity index (χ0v) is 13.9. The fourth-order valence-corrected chi connectivity index (χ4v) is 3.31. The van der Waals surface area contributed by atoms with Gasteiger partial charge in [0.1, 0.15) is 5.75 Å². The molecular formula is C16H24BrNO2. The van der Waals surface area contributed by atoms with Crippen molar-refractivity contribution < 1.29 is 9.84 Å². The van der Waals surface area contributed by atoms with Gasteiger partial charge in [0.05, 0.1) is 12.7 Å². The number of ether oxygens (including phenoxy) is 1. The quantitative estimate of drug-likeness (QED) is 0.863. The summed E-state index contributed by atoms with van der Waals surface area (Å²) in [5, 5.41) is 14.2. The average Bonchev–Trinajstić information content (AvgIpc) is 2.41. The Morgan fingerprint density at radius 2 is 2.25 bits per heavy atom. The predicted octanol–water partition coefficient (Wildman–Crippen LogP) is 3.28. The fourth-order valence-electron chi connectivity index (χ4n) is 2.93. The lowest BCUT2D eigenvalue weighted by molar-refractivity contribution is 0.0369. The number of piperidine rings is 1. The summed E-state index contributed by atoms with van der Waals surface area (Å²) >= 11 is 3.56. The number of hydrogen-bond acceptors (Lipinski definition) is 3. The van der Waals surface area contributed by atoms with Gasteiger partial charge in [-0.15, -0.1) is 0 Å². The summed E-state index contributed by atoms with van der Waals surface area (Å²) in [6, 6.07) is 6.32. The molecule has 1 aliphatic heterocycles. The van der Waals surface area contributed by atoms with E-state index in [1.165, 1.54) is 12.8 Å². The normalized spacial score (nSPS) is 22.3. The van der Waals surface area contributed by atoms with E-state index in [0.29, 0.717) is 12.5 Å². The molecule has 2 rings (SSSR count). The zero-order chi connectivity index (χ0) is 14.6. The molecule has 3 nitrogen and oxygen atoms in total. The SMILES string of the molecule is COc1ccc(Br)c(CC(C)(O)CC2CCCCN2)c1. The molecule has 1 saturated heterocycles. The highest BCUT2D eigenvalue weighted by atomic mass is 79.9. The van der Waals surface area contributed by atoms with Gasteiger partial charge in [-0.1, -0.05) is 22.4 Å². The van der Waals surface area contributed by atoms with Gasteiger partial charge < -0.3 is 15.2 Å². The number of nitrogens with one attached hydrogen (secondary N) is 1. The largest absolute Gasteiger partial charge is 0.497 e. The molecule has 1 heterocycles. The summed E-state index contributed by atoms with van der Waals surface area (Å²) in [5.74, 6) is 0.829. The first kappa shape index (κ1) is 15.8. The van der Waals surface area contributed by atoms with Crippen molar-refractivity contribution in [3.63, 3.8) is 0 Å². The summed E-state index contributed by atoms with van der Waals surface area (Å²) < 4.78 is 6.28. The van der Waals surface area contributed by atoms with E-state index in [1.807, 2.05) is 25.1 Å². The lowest BCUT2D eigenvalue weighted by atomic mass is 9.87. The molecule has 2 unspecified atom stereocenters. The predicted molar refractivity (Wildman–Crippen MR) is 85.3 cm³/mol. The molecule has 0 amide bonds. The molecular weight excluding hydrogens is 318 g/mol. The smallest absolute Gasteiger partial charge is 0.119 e. The first-order chi connectivity index (χ1) is 9.50. The van der Waals surface area contributed by atoms with Crippen molar-refractivity contribution in [3.05, 3.63) is 28.2 Å². The van der Waals surface area contributed by atoms with E-state index in [9.17, 15) is 5.11 Å². The molecule has 2 atom stereocenters. The monoisotopic (exact) mass is 341 g/mol. The van der Waals surface area contributed by atoms with Crippen LogP contribution in [0.15, 0.2) is 22.7 Å². The molecule has 4 heteroatoms. The van der Waals surface area contributed by atoms with Gasteiger partial charge in [0.15, 0.2) is 0 Å². The summed E-state index contributed by atoms with van der Waals surface area (Å²) in [6.07, 6.45) is 5.09. The van der Waals surface area contributed by atoms with Crippen LogP contribution in [0.4, 0.5) is 0 Å². The molecule has 0 bridgehead atoms. The minimum absolute atomic E-state index is 0.433. The van der Waals surface area contributed by atoms with Crippen LogP contribution in [-0.4, -0.2) is 30.4 Å². The lowest BCUT2D eigenvalue weighted by Crippen LogP contribution is -2.41. The molecule has 2 N–H and O–H groups in total. The molecule has 0 saturated carbocycles. The summed E-state index contributed by atoms with van der Waals surface area (Å²) in [7, 11) is 1.66. The Morgan fingerprint density at radius 1 is 1.45 bits per heavy atom. The number of aliphatic hydroxyl groups is 1. The number of methoxy groups -OCH3 is 1. The third kappa shape index (κ3) is 4.47. The Hall–Kier alpha value is -0.580. The Labute approximate surface area is 129 Å². The molecule has 1 aromatic rings. The second-order valence-corrected chi connectivity index (χ2v) is 6.84. The van der Waals surface area contributed by atoms with Gasteiger partial charge in [-0.3, -0.25) is 0 Å². The summed E-state index contributed by atoms with van der Waals surface area (Å²) in [4.78, 5) is 0. The Kier molecular flexibility index (Phi) is 5.47. The Bertz CT molecular complexity index is 442. The van der Waals surface area contributed by atoms with Crippen LogP contribution < -0.4 is 10.1 Å². The Morgan fingerprint density at radius 3 is 2.90 bits per heavy atom. The van der Waals surface area contributed by atoms with Crippen LogP contribution >= 0.6 is 15.9 Å². The van der Waals surface area contributed by atoms with E-state index >= 15 is 0 Å². The van der Waals surface area contributed by atoms with E-state index in [4.69, 9.17) is 4.74 Å². The van der Waals surface area contributed by atoms with Crippen LogP contribution in [0.25, 0.3) is 0 Å². The standard InChI is InChI=1S/C16H24BrNO2/c1-16(19,11-13-5-3-4-8-18-13)10-12-9-14(20-2)6-7-15(12)17/h6-7,9,13,18-19H,3-5,8,10-11H2,1-2H3. The highest BCUT2D eigenvalue weighted by Crippen LogP contribution is 2.29. The van der Waals surface area contributed by atoms with Gasteiger partial charge in [0.2, 0.25) is 0 Å². The van der Waals surface area contributed by atoms with Crippen LogP contribution in [-0.2, 0) is 6.42 Å². The molecule has 112 valence electrons. The maximum Gasteiger partial charge on any atom is 0.119 e. The van der Waals surface area contributed by atoms with Crippen LogP contribution in [0.3, 0.4) is 0 Å². The molecule has 0 aromatic heterocycles. The van der Waals surface area contributed by atoms with E-state index in [-0.39, 0.29) is 0 Å². The van der Waals surface area contributed by atoms with Crippen LogP contribution in [0.5, 0.6) is 5.75 Å². The third-order valence-electron chi connectivity index (χ3n) is 3.92. The van der Waals surface area contributed by atoms with E-state index in [2.05, 4.69) is 21.2 Å². The van der Waals surface area contributed by atoms with E-state index in [1.54, 1.807) is 7.11 Å². The van der Waals surface area contributed by atoms with Crippen molar-refractivity contribution >= 4 is 15.9 Å². The van der Waals surface area contributed by atoms with E-state index < -0.39 is 5.60 Å². The van der Waals surface area contributed by atoms with Gasteiger partial charge in [-0.25, -0.2) is 0 Å². The van der Waals surface area contributed by atoms with Crippen molar-refractivity contribution in [2.75, 3.05) is 13.7 Å². The van der Waals surface area contributed by atoms with Crippen molar-refractivity contribution in [3.8, 4) is 5.75 Å². The van der Waals surface area contributed by atoms with Gasteiger partial charge in [-0.05, 0) is 56.5 Å². The van der Waals surface area contributed by atoms with Gasteiger partial charge in [0, 0.05) is 16.9 Å². The zero-order valence-electron chi connectivity index (χ0n) is 12.3. The summed E-state index contributed by atoms with van der Waals surface area (Å²) in [6.45, 7) is 3.00. The average molecular weight is 342 g/mol. The topological polar surface area (TPSA) is 41.5 Å². The van der Waals surface area contributed by atoms with Crippen molar-refractivity contribution in [1.82, 2.24) is 5.32 Å². The van der Waals surface area contributed by atoms with E-state index in [0.717, 1.165) is 35.2 Å². The first-order valence-corrected chi connectivity index (χ1v) is 8.08. The highest BCUT2D eigenvalue weighted by molar-refractivity contribution is 9.10. The number of halogens is 1. The van der Waals surface area contributed by atoms with Crippen molar-refractivity contribution in [2.45, 2.75) is 50.7 Å². The number of hydrogen-bond donors (Lipinski definition) is 2. The lowest BCUT2D eigenvalue weighted by Gasteiger charge is -2.32. The molecule has 1 fully saturated rings. The second kappa shape index (κ2) is 6.92. The molecule has 0 aliphatic carbocycles. The summed E-state index contributed by atoms with van der Waals surface area (Å²) in [5.41, 5.74) is 0.384. The van der Waals surface area contributed by atoms with Gasteiger partial charge in [-0.2, -0.15) is 0 Å². The minimum Gasteiger partial charge on any atom is -0.497 e. The maximum absolute atomic E-state index is 10.7.